The SMILES string of the molecule is CC(C)Nc1cccc(CNC(=O)c2c[nH]c(=O)c3ccccc23)c1. The quantitative estimate of drug-likeness (QED) is 0.670. The molecular formula is C20H21N3O2. The number of amides is 1. The van der Waals surface area contributed by atoms with E-state index in [2.05, 4.69) is 29.5 Å². The summed E-state index contributed by atoms with van der Waals surface area (Å²) in [6, 6.07) is 15.4. The van der Waals surface area contributed by atoms with Crippen molar-refractivity contribution in [2.45, 2.75) is 26.4 Å². The number of pyridine rings is 1. The predicted octanol–water partition coefficient (Wildman–Crippen LogP) is 3.28. The largest absolute Gasteiger partial charge is 0.383 e. The summed E-state index contributed by atoms with van der Waals surface area (Å²) in [5, 5.41) is 7.43. The molecular weight excluding hydrogens is 314 g/mol. The molecule has 2 aromatic carbocycles. The maximum absolute atomic E-state index is 12.6. The Morgan fingerprint density at radius 3 is 2.60 bits per heavy atom. The van der Waals surface area contributed by atoms with Gasteiger partial charge in [0.05, 0.1) is 5.56 Å². The molecule has 1 amide bonds. The van der Waals surface area contributed by atoms with Gasteiger partial charge in [-0.1, -0.05) is 30.3 Å². The molecule has 128 valence electrons. The number of carbonyl (C=O) groups is 1. The maximum Gasteiger partial charge on any atom is 0.255 e. The number of nitrogens with one attached hydrogen (secondary N) is 3. The summed E-state index contributed by atoms with van der Waals surface area (Å²) in [4.78, 5) is 27.0. The molecule has 5 nitrogen and oxygen atoms in total. The summed E-state index contributed by atoms with van der Waals surface area (Å²) >= 11 is 0. The number of aromatic nitrogens is 1. The smallest absolute Gasteiger partial charge is 0.255 e. The molecule has 5 heteroatoms. The summed E-state index contributed by atoms with van der Waals surface area (Å²) in [7, 11) is 0. The van der Waals surface area contributed by atoms with Gasteiger partial charge >= 0.3 is 0 Å². The molecule has 0 aliphatic carbocycles. The van der Waals surface area contributed by atoms with Gasteiger partial charge in [-0.3, -0.25) is 9.59 Å². The fourth-order valence-electron chi connectivity index (χ4n) is 2.78. The first-order chi connectivity index (χ1) is 12.0. The highest BCUT2D eigenvalue weighted by atomic mass is 16.1. The summed E-state index contributed by atoms with van der Waals surface area (Å²) in [5.74, 6) is -0.213. The van der Waals surface area contributed by atoms with E-state index in [1.54, 1.807) is 18.2 Å². The molecule has 0 atom stereocenters. The van der Waals surface area contributed by atoms with Crippen LogP contribution in [0.1, 0.15) is 29.8 Å². The first kappa shape index (κ1) is 16.8. The zero-order chi connectivity index (χ0) is 17.8. The third kappa shape index (κ3) is 3.88. The first-order valence-corrected chi connectivity index (χ1v) is 8.28. The van der Waals surface area contributed by atoms with Gasteiger partial charge < -0.3 is 15.6 Å². The van der Waals surface area contributed by atoms with Crippen molar-refractivity contribution in [1.82, 2.24) is 10.3 Å². The van der Waals surface area contributed by atoms with E-state index in [0.717, 1.165) is 11.3 Å². The Kier molecular flexibility index (Phi) is 4.84. The molecule has 0 bridgehead atoms. The lowest BCUT2D eigenvalue weighted by Crippen LogP contribution is -2.24. The summed E-state index contributed by atoms with van der Waals surface area (Å²) in [6.07, 6.45) is 1.47. The summed E-state index contributed by atoms with van der Waals surface area (Å²) in [5.41, 5.74) is 2.30. The van der Waals surface area contributed by atoms with E-state index in [0.29, 0.717) is 28.9 Å². The van der Waals surface area contributed by atoms with Crippen molar-refractivity contribution < 1.29 is 4.79 Å². The number of anilines is 1. The maximum atomic E-state index is 12.6. The number of hydrogen-bond donors (Lipinski definition) is 3. The zero-order valence-corrected chi connectivity index (χ0v) is 14.3. The van der Waals surface area contributed by atoms with Gasteiger partial charge in [0.25, 0.3) is 11.5 Å². The van der Waals surface area contributed by atoms with Gasteiger partial charge in [-0.05, 0) is 37.6 Å². The van der Waals surface area contributed by atoms with Crippen molar-refractivity contribution >= 4 is 22.4 Å². The molecule has 0 radical (unpaired) electrons. The van der Waals surface area contributed by atoms with Crippen molar-refractivity contribution in [2.75, 3.05) is 5.32 Å². The number of aromatic amines is 1. The molecule has 1 heterocycles. The van der Waals surface area contributed by atoms with Gasteiger partial charge in [-0.25, -0.2) is 0 Å². The normalized spacial score (nSPS) is 10.8. The van der Waals surface area contributed by atoms with Crippen LogP contribution >= 0.6 is 0 Å². The van der Waals surface area contributed by atoms with Gasteiger partial charge in [0.1, 0.15) is 0 Å². The fraction of sp³-hybridized carbons (Fsp3) is 0.200. The van der Waals surface area contributed by atoms with Crippen LogP contribution in [-0.4, -0.2) is 16.9 Å². The highest BCUT2D eigenvalue weighted by molar-refractivity contribution is 6.06. The predicted molar refractivity (Wildman–Crippen MR) is 101 cm³/mol. The minimum Gasteiger partial charge on any atom is -0.383 e. The number of hydrogen-bond acceptors (Lipinski definition) is 3. The molecule has 3 aromatic rings. The molecule has 0 saturated carbocycles. The Morgan fingerprint density at radius 1 is 1.08 bits per heavy atom. The third-order valence-corrected chi connectivity index (χ3v) is 3.89. The Morgan fingerprint density at radius 2 is 1.84 bits per heavy atom. The molecule has 0 saturated heterocycles. The fourth-order valence-corrected chi connectivity index (χ4v) is 2.78. The van der Waals surface area contributed by atoms with Gasteiger partial charge in [-0.15, -0.1) is 0 Å². The molecule has 0 fully saturated rings. The van der Waals surface area contributed by atoms with E-state index in [4.69, 9.17) is 0 Å². The lowest BCUT2D eigenvalue weighted by Gasteiger charge is -2.12. The number of rotatable bonds is 5. The lowest BCUT2D eigenvalue weighted by molar-refractivity contribution is 0.0952. The average molecular weight is 335 g/mol. The lowest BCUT2D eigenvalue weighted by atomic mass is 10.1. The van der Waals surface area contributed by atoms with E-state index in [1.165, 1.54) is 6.20 Å². The second-order valence-electron chi connectivity index (χ2n) is 6.26. The van der Waals surface area contributed by atoms with E-state index in [-0.39, 0.29) is 11.5 Å². The average Bonchev–Trinajstić information content (AvgIpc) is 2.60. The Balaban J connectivity index is 1.78. The van der Waals surface area contributed by atoms with Crippen LogP contribution in [0.3, 0.4) is 0 Å². The van der Waals surface area contributed by atoms with Gasteiger partial charge in [0.2, 0.25) is 0 Å². The monoisotopic (exact) mass is 335 g/mol. The standard InChI is InChI=1S/C20H21N3O2/c1-13(2)23-15-7-5-6-14(10-15)11-21-20(25)18-12-22-19(24)17-9-4-3-8-16(17)18/h3-10,12-13,23H,11H2,1-2H3,(H,21,25)(H,22,24). The second-order valence-corrected chi connectivity index (χ2v) is 6.26. The van der Waals surface area contributed by atoms with Gasteiger partial charge in [0, 0.05) is 35.2 Å². The third-order valence-electron chi connectivity index (χ3n) is 3.89. The van der Waals surface area contributed by atoms with Crippen LogP contribution in [0, 0.1) is 0 Å². The van der Waals surface area contributed by atoms with E-state index >= 15 is 0 Å². The minimum atomic E-state index is -0.213. The van der Waals surface area contributed by atoms with Crippen LogP contribution in [0.15, 0.2) is 59.5 Å². The molecule has 0 aliphatic rings. The molecule has 0 unspecified atom stereocenters. The zero-order valence-electron chi connectivity index (χ0n) is 14.3. The number of carbonyl (C=O) groups excluding carboxylic acids is 1. The van der Waals surface area contributed by atoms with E-state index < -0.39 is 0 Å². The minimum absolute atomic E-state index is 0.195. The second kappa shape index (κ2) is 7.21. The topological polar surface area (TPSA) is 74.0 Å². The van der Waals surface area contributed by atoms with Crippen LogP contribution in [0.4, 0.5) is 5.69 Å². The molecule has 0 spiro atoms. The van der Waals surface area contributed by atoms with E-state index in [9.17, 15) is 9.59 Å². The van der Waals surface area contributed by atoms with Crippen molar-refractivity contribution in [1.29, 1.82) is 0 Å². The molecule has 3 N–H and O–H groups in total. The van der Waals surface area contributed by atoms with Crippen LogP contribution in [0.25, 0.3) is 10.8 Å². The Bertz CT molecular complexity index is 960. The number of benzene rings is 2. The van der Waals surface area contributed by atoms with Crippen LogP contribution < -0.4 is 16.2 Å². The highest BCUT2D eigenvalue weighted by Crippen LogP contribution is 2.15. The Hall–Kier alpha value is -3.08. The summed E-state index contributed by atoms with van der Waals surface area (Å²) < 4.78 is 0. The van der Waals surface area contributed by atoms with Crippen LogP contribution in [-0.2, 0) is 6.54 Å². The van der Waals surface area contributed by atoms with Crippen molar-refractivity contribution in [2.24, 2.45) is 0 Å². The molecule has 0 aliphatic heterocycles. The first-order valence-electron chi connectivity index (χ1n) is 8.28. The highest BCUT2D eigenvalue weighted by Gasteiger charge is 2.11. The van der Waals surface area contributed by atoms with Crippen molar-refractivity contribution in [3.05, 3.63) is 76.2 Å². The molecule has 1 aromatic heterocycles. The Labute approximate surface area is 146 Å². The van der Waals surface area contributed by atoms with Crippen molar-refractivity contribution in [3.8, 4) is 0 Å². The molecule has 3 rings (SSSR count). The van der Waals surface area contributed by atoms with Gasteiger partial charge in [0.15, 0.2) is 0 Å². The van der Waals surface area contributed by atoms with Gasteiger partial charge in [-0.2, -0.15) is 0 Å². The van der Waals surface area contributed by atoms with Crippen LogP contribution in [0.5, 0.6) is 0 Å². The van der Waals surface area contributed by atoms with Crippen molar-refractivity contribution in [3.63, 3.8) is 0 Å². The number of fused-ring (bicyclic) bond motifs is 1. The van der Waals surface area contributed by atoms with E-state index in [1.807, 2.05) is 30.3 Å². The van der Waals surface area contributed by atoms with Crippen LogP contribution in [0.2, 0.25) is 0 Å². The summed E-state index contributed by atoms with van der Waals surface area (Å²) in [6.45, 7) is 4.57. The number of H-pyrrole nitrogens is 1. The molecule has 25 heavy (non-hydrogen) atoms.